The van der Waals surface area contributed by atoms with Gasteiger partial charge in [-0.15, -0.1) is 0 Å². The van der Waals surface area contributed by atoms with E-state index >= 15 is 0 Å². The number of nitrogens with one attached hydrogen (secondary N) is 1. The maximum Gasteiger partial charge on any atom is 0.242 e. The van der Waals surface area contributed by atoms with Crippen LogP contribution in [-0.4, -0.2) is 36.4 Å². The van der Waals surface area contributed by atoms with Gasteiger partial charge >= 0.3 is 0 Å². The summed E-state index contributed by atoms with van der Waals surface area (Å²) in [6, 6.07) is 7.07. The highest BCUT2D eigenvalue weighted by Gasteiger charge is 2.27. The Morgan fingerprint density at radius 2 is 1.76 bits per heavy atom. The molecular weight excluding hydrogens is 316 g/mol. The van der Waals surface area contributed by atoms with Crippen LogP contribution in [0.5, 0.6) is 5.75 Å². The largest absolute Gasteiger partial charge is 0.497 e. The third kappa shape index (κ3) is 6.77. The molecule has 1 aromatic rings. The normalized spacial score (nSPS) is 11.9. The molecule has 0 aliphatic heterocycles. The molecule has 2 amide bonds. The molecule has 140 valence electrons. The van der Waals surface area contributed by atoms with Crippen molar-refractivity contribution in [3.63, 3.8) is 0 Å². The Kier molecular flexibility index (Phi) is 9.03. The summed E-state index contributed by atoms with van der Waals surface area (Å²) in [6.07, 6.45) is 3.17. The molecular formula is C20H32N2O3. The second-order valence-corrected chi connectivity index (χ2v) is 6.64. The van der Waals surface area contributed by atoms with Crippen LogP contribution in [0, 0.1) is 5.92 Å². The summed E-state index contributed by atoms with van der Waals surface area (Å²) in [4.78, 5) is 26.7. The molecule has 0 spiro atoms. The van der Waals surface area contributed by atoms with E-state index < -0.39 is 6.04 Å². The lowest BCUT2D eigenvalue weighted by Gasteiger charge is -2.30. The van der Waals surface area contributed by atoms with Gasteiger partial charge in [-0.3, -0.25) is 9.59 Å². The lowest BCUT2D eigenvalue weighted by molar-refractivity contribution is -0.143. The van der Waals surface area contributed by atoms with E-state index in [1.54, 1.807) is 18.9 Å². The zero-order valence-corrected chi connectivity index (χ0v) is 16.2. The van der Waals surface area contributed by atoms with Crippen molar-refractivity contribution in [2.24, 2.45) is 5.92 Å². The third-order valence-electron chi connectivity index (χ3n) is 4.22. The van der Waals surface area contributed by atoms with E-state index in [2.05, 4.69) is 12.2 Å². The fourth-order valence-electron chi connectivity index (χ4n) is 2.54. The molecule has 0 radical (unpaired) electrons. The van der Waals surface area contributed by atoms with Gasteiger partial charge in [0.1, 0.15) is 11.8 Å². The van der Waals surface area contributed by atoms with Gasteiger partial charge in [-0.2, -0.15) is 0 Å². The van der Waals surface area contributed by atoms with E-state index in [0.717, 1.165) is 30.6 Å². The van der Waals surface area contributed by atoms with Crippen LogP contribution in [0.2, 0.25) is 0 Å². The molecule has 0 saturated carbocycles. The molecule has 5 nitrogen and oxygen atoms in total. The molecule has 1 aromatic carbocycles. The predicted molar refractivity (Wildman–Crippen MR) is 100 cm³/mol. The summed E-state index contributed by atoms with van der Waals surface area (Å²) in [5.41, 5.74) is 0.973. The molecule has 0 bridgehead atoms. The van der Waals surface area contributed by atoms with Gasteiger partial charge in [-0.25, -0.2) is 0 Å². The highest BCUT2D eigenvalue weighted by molar-refractivity contribution is 5.88. The van der Waals surface area contributed by atoms with Gasteiger partial charge in [0, 0.05) is 19.0 Å². The van der Waals surface area contributed by atoms with Crippen molar-refractivity contribution in [1.29, 1.82) is 0 Å². The van der Waals surface area contributed by atoms with Crippen LogP contribution in [0.25, 0.3) is 0 Å². The van der Waals surface area contributed by atoms with Gasteiger partial charge in [-0.1, -0.05) is 45.7 Å². The molecule has 25 heavy (non-hydrogen) atoms. The summed E-state index contributed by atoms with van der Waals surface area (Å²) >= 11 is 0. The van der Waals surface area contributed by atoms with Crippen molar-refractivity contribution in [3.8, 4) is 5.75 Å². The fraction of sp³-hybridized carbons (Fsp3) is 0.600. The van der Waals surface area contributed by atoms with Crippen LogP contribution < -0.4 is 10.1 Å². The average molecular weight is 348 g/mol. The van der Waals surface area contributed by atoms with E-state index in [9.17, 15) is 9.59 Å². The summed E-state index contributed by atoms with van der Waals surface area (Å²) in [7, 11) is 1.62. The molecule has 1 unspecified atom stereocenters. The Morgan fingerprint density at radius 3 is 2.28 bits per heavy atom. The third-order valence-corrected chi connectivity index (χ3v) is 4.22. The lowest BCUT2D eigenvalue weighted by atomic mass is 10.1. The van der Waals surface area contributed by atoms with E-state index in [0.29, 0.717) is 13.1 Å². The smallest absolute Gasteiger partial charge is 0.242 e. The first-order chi connectivity index (χ1) is 11.9. The summed E-state index contributed by atoms with van der Waals surface area (Å²) in [5.74, 6) is 0.492. The van der Waals surface area contributed by atoms with Crippen LogP contribution >= 0.6 is 0 Å². The number of methoxy groups -OCH3 is 1. The molecule has 0 fully saturated rings. The molecule has 0 heterocycles. The highest BCUT2D eigenvalue weighted by Crippen LogP contribution is 2.16. The lowest BCUT2D eigenvalue weighted by Crippen LogP contribution is -2.49. The molecule has 0 aromatic heterocycles. The Hall–Kier alpha value is -2.04. The van der Waals surface area contributed by atoms with Crippen molar-refractivity contribution in [2.45, 2.75) is 59.5 Å². The number of hydrogen-bond donors (Lipinski definition) is 1. The minimum absolute atomic E-state index is 0.0213. The van der Waals surface area contributed by atoms with E-state index in [4.69, 9.17) is 4.74 Å². The second kappa shape index (κ2) is 10.7. The summed E-state index contributed by atoms with van der Waals surface area (Å²) in [5, 5.41) is 2.94. The number of carbonyl (C=O) groups excluding carboxylic acids is 2. The average Bonchev–Trinajstić information content (AvgIpc) is 2.62. The molecule has 0 aliphatic rings. The Labute approximate surface area is 151 Å². The van der Waals surface area contributed by atoms with Crippen molar-refractivity contribution in [1.82, 2.24) is 10.2 Å². The molecule has 1 N–H and O–H groups in total. The molecule has 1 atom stereocenters. The number of ether oxygens (including phenoxy) is 1. The van der Waals surface area contributed by atoms with Crippen LogP contribution in [0.4, 0.5) is 0 Å². The van der Waals surface area contributed by atoms with Gasteiger partial charge in [0.25, 0.3) is 0 Å². The second-order valence-electron chi connectivity index (χ2n) is 6.64. The van der Waals surface area contributed by atoms with Crippen molar-refractivity contribution >= 4 is 11.8 Å². The maximum absolute atomic E-state index is 12.6. The van der Waals surface area contributed by atoms with Gasteiger partial charge in [0.15, 0.2) is 0 Å². The minimum Gasteiger partial charge on any atom is -0.497 e. The number of rotatable bonds is 10. The van der Waals surface area contributed by atoms with Crippen LogP contribution in [-0.2, 0) is 16.1 Å². The van der Waals surface area contributed by atoms with Gasteiger partial charge < -0.3 is 15.0 Å². The van der Waals surface area contributed by atoms with Crippen molar-refractivity contribution < 1.29 is 14.3 Å². The summed E-state index contributed by atoms with van der Waals surface area (Å²) < 4.78 is 5.16. The number of carbonyl (C=O) groups is 2. The number of nitrogens with zero attached hydrogens (tertiary/aromatic N) is 1. The monoisotopic (exact) mass is 348 g/mol. The predicted octanol–water partition coefficient (Wildman–Crippen LogP) is 3.37. The fourth-order valence-corrected chi connectivity index (χ4v) is 2.54. The molecule has 0 saturated heterocycles. The SMILES string of the molecule is CCCCCNC(=O)C(C)N(Cc1ccc(OC)cc1)C(=O)C(C)C. The quantitative estimate of drug-likeness (QED) is 0.660. The minimum atomic E-state index is -0.501. The molecule has 1 rings (SSSR count). The van der Waals surface area contributed by atoms with Gasteiger partial charge in [0.2, 0.25) is 11.8 Å². The first-order valence-electron chi connectivity index (χ1n) is 9.11. The van der Waals surface area contributed by atoms with Gasteiger partial charge in [0.05, 0.1) is 7.11 Å². The molecule has 5 heteroatoms. The van der Waals surface area contributed by atoms with Crippen molar-refractivity contribution in [3.05, 3.63) is 29.8 Å². The van der Waals surface area contributed by atoms with Crippen LogP contribution in [0.3, 0.4) is 0 Å². The molecule has 0 aliphatic carbocycles. The van der Waals surface area contributed by atoms with Gasteiger partial charge in [-0.05, 0) is 31.0 Å². The maximum atomic E-state index is 12.6. The topological polar surface area (TPSA) is 58.6 Å². The highest BCUT2D eigenvalue weighted by atomic mass is 16.5. The Bertz CT molecular complexity index is 540. The number of benzene rings is 1. The first kappa shape index (κ1) is 21.0. The zero-order valence-electron chi connectivity index (χ0n) is 16.2. The number of amides is 2. The zero-order chi connectivity index (χ0) is 18.8. The van der Waals surface area contributed by atoms with E-state index in [-0.39, 0.29) is 17.7 Å². The first-order valence-corrected chi connectivity index (χ1v) is 9.11. The Balaban J connectivity index is 2.80. The van der Waals surface area contributed by atoms with E-state index in [1.807, 2.05) is 38.1 Å². The van der Waals surface area contributed by atoms with E-state index in [1.165, 1.54) is 0 Å². The van der Waals surface area contributed by atoms with Crippen molar-refractivity contribution in [2.75, 3.05) is 13.7 Å². The Morgan fingerprint density at radius 1 is 1.12 bits per heavy atom. The number of hydrogen-bond acceptors (Lipinski definition) is 3. The van der Waals surface area contributed by atoms with Crippen LogP contribution in [0.1, 0.15) is 52.5 Å². The number of unbranched alkanes of at least 4 members (excludes halogenated alkanes) is 2. The standard InChI is InChI=1S/C20H32N2O3/c1-6-7-8-13-21-19(23)16(4)22(20(24)15(2)3)14-17-9-11-18(25-5)12-10-17/h9-12,15-16H,6-8,13-14H2,1-5H3,(H,21,23). The van der Waals surface area contributed by atoms with Crippen LogP contribution in [0.15, 0.2) is 24.3 Å². The summed E-state index contributed by atoms with van der Waals surface area (Å²) in [6.45, 7) is 8.69.